The molecule has 0 heterocycles. The molecule has 0 bridgehead atoms. The van der Waals surface area contributed by atoms with Crippen molar-refractivity contribution in [2.24, 2.45) is 0 Å². The summed E-state index contributed by atoms with van der Waals surface area (Å²) in [5, 5.41) is 0. The Labute approximate surface area is 59.0 Å². The van der Waals surface area contributed by atoms with Crippen molar-refractivity contribution in [2.45, 2.75) is 13.3 Å². The second-order valence-corrected chi connectivity index (χ2v) is 0.989. The number of rotatable bonds is 3. The van der Waals surface area contributed by atoms with Gasteiger partial charge in [-0.05, 0) is 6.42 Å². The molecule has 0 saturated carbocycles. The van der Waals surface area contributed by atoms with Crippen LogP contribution in [0.2, 0.25) is 0 Å². The van der Waals surface area contributed by atoms with E-state index >= 15 is 0 Å². The maximum atomic E-state index is 4.48. The predicted octanol–water partition coefficient (Wildman–Crippen LogP) is 0.972. The van der Waals surface area contributed by atoms with Crippen LogP contribution in [0.5, 0.6) is 0 Å². The van der Waals surface area contributed by atoms with Crippen molar-refractivity contribution >= 4 is 0 Å². The van der Waals surface area contributed by atoms with Gasteiger partial charge in [0.05, 0.1) is 13.7 Å². The van der Waals surface area contributed by atoms with Gasteiger partial charge in [0, 0.05) is 21.7 Å². The minimum atomic E-state index is 0. The fourth-order valence-electron chi connectivity index (χ4n) is 0.167. The molecule has 0 saturated heterocycles. The summed E-state index contributed by atoms with van der Waals surface area (Å²) in [6, 6.07) is 0. The van der Waals surface area contributed by atoms with Crippen molar-refractivity contribution < 1.29 is 31.5 Å². The molecule has 0 aliphatic heterocycles. The van der Waals surface area contributed by atoms with Crippen LogP contribution in [0.25, 0.3) is 0 Å². The Bertz CT molecular complexity index is 21.7. The Morgan fingerprint density at radius 1 is 1.43 bits per heavy atom. The van der Waals surface area contributed by atoms with Gasteiger partial charge in [0.25, 0.3) is 0 Å². The zero-order valence-corrected chi connectivity index (χ0v) is 6.29. The van der Waals surface area contributed by atoms with E-state index in [2.05, 4.69) is 9.78 Å². The Hall–Kier alpha value is 0.634. The number of hydrogen-bond acceptors (Lipinski definition) is 2. The summed E-state index contributed by atoms with van der Waals surface area (Å²) >= 11 is 0. The average molecular weight is 138 g/mol. The third-order valence-corrected chi connectivity index (χ3v) is 0.405. The zero-order valence-electron chi connectivity index (χ0n) is 4.73. The zero-order chi connectivity index (χ0) is 4.83. The Morgan fingerprint density at radius 3 is 2.14 bits per heavy atom. The second kappa shape index (κ2) is 9.81. The third-order valence-electron chi connectivity index (χ3n) is 0.405. The molecule has 0 radical (unpaired) electrons. The Balaban J connectivity index is 0. The van der Waals surface area contributed by atoms with E-state index in [4.69, 9.17) is 0 Å². The van der Waals surface area contributed by atoms with Gasteiger partial charge >= 0.3 is 0 Å². The molecule has 0 aromatic rings. The minimum absolute atomic E-state index is 0. The molecule has 0 aliphatic carbocycles. The SMILES string of the molecule is CCCOOC.[Ti]. The number of hydrogen-bond donors (Lipinski definition) is 0. The summed E-state index contributed by atoms with van der Waals surface area (Å²) < 4.78 is 0. The molecule has 0 aromatic carbocycles. The molecule has 0 aromatic heterocycles. The molecule has 0 fully saturated rings. The van der Waals surface area contributed by atoms with Gasteiger partial charge in [-0.3, -0.25) is 0 Å². The van der Waals surface area contributed by atoms with Crippen LogP contribution in [0.4, 0.5) is 0 Å². The van der Waals surface area contributed by atoms with Gasteiger partial charge in [-0.25, -0.2) is 9.78 Å². The fraction of sp³-hybridized carbons (Fsp3) is 1.00. The molecule has 0 rings (SSSR count). The first-order valence-corrected chi connectivity index (χ1v) is 2.07. The third kappa shape index (κ3) is 10.8. The molecule has 2 nitrogen and oxygen atoms in total. The fourth-order valence-corrected chi connectivity index (χ4v) is 0.167. The molecular weight excluding hydrogens is 128 g/mol. The standard InChI is InChI=1S/C4H10O2.Ti/c1-3-4-6-5-2;/h3-4H2,1-2H3;. The van der Waals surface area contributed by atoms with Crippen LogP contribution in [-0.2, 0) is 31.5 Å². The van der Waals surface area contributed by atoms with Crippen LogP contribution in [0, 0.1) is 0 Å². The average Bonchev–Trinajstić information content (AvgIpc) is 1.61. The van der Waals surface area contributed by atoms with Crippen LogP contribution < -0.4 is 0 Å². The molecule has 0 atom stereocenters. The van der Waals surface area contributed by atoms with Crippen molar-refractivity contribution in [2.75, 3.05) is 13.7 Å². The molecule has 0 spiro atoms. The molecule has 7 heavy (non-hydrogen) atoms. The van der Waals surface area contributed by atoms with Crippen LogP contribution in [0.1, 0.15) is 13.3 Å². The molecule has 0 unspecified atom stereocenters. The van der Waals surface area contributed by atoms with E-state index in [0.717, 1.165) is 6.42 Å². The van der Waals surface area contributed by atoms with Crippen molar-refractivity contribution in [1.29, 1.82) is 0 Å². The maximum Gasteiger partial charge on any atom is 0.0819 e. The van der Waals surface area contributed by atoms with Crippen LogP contribution in [0.15, 0.2) is 0 Å². The minimum Gasteiger partial charge on any atom is -0.240 e. The maximum absolute atomic E-state index is 4.48. The van der Waals surface area contributed by atoms with E-state index in [9.17, 15) is 0 Å². The van der Waals surface area contributed by atoms with Gasteiger partial charge in [0.2, 0.25) is 0 Å². The molecule has 3 heteroatoms. The van der Waals surface area contributed by atoms with Crippen molar-refractivity contribution in [3.63, 3.8) is 0 Å². The quantitative estimate of drug-likeness (QED) is 0.250. The summed E-state index contributed by atoms with van der Waals surface area (Å²) in [5.74, 6) is 0. The van der Waals surface area contributed by atoms with E-state index in [1.165, 1.54) is 7.11 Å². The van der Waals surface area contributed by atoms with Crippen LogP contribution in [0.3, 0.4) is 0 Å². The van der Waals surface area contributed by atoms with Gasteiger partial charge in [0.15, 0.2) is 0 Å². The van der Waals surface area contributed by atoms with E-state index < -0.39 is 0 Å². The smallest absolute Gasteiger partial charge is 0.0819 e. The van der Waals surface area contributed by atoms with Crippen molar-refractivity contribution in [1.82, 2.24) is 0 Å². The summed E-state index contributed by atoms with van der Waals surface area (Å²) in [6.45, 7) is 2.72. The van der Waals surface area contributed by atoms with Crippen LogP contribution >= 0.6 is 0 Å². The van der Waals surface area contributed by atoms with Gasteiger partial charge in [-0.15, -0.1) is 0 Å². The molecule has 0 N–H and O–H groups in total. The molecule has 0 amide bonds. The Morgan fingerprint density at radius 2 is 2.00 bits per heavy atom. The van der Waals surface area contributed by atoms with Gasteiger partial charge in [0.1, 0.15) is 0 Å². The summed E-state index contributed by atoms with van der Waals surface area (Å²) in [6.07, 6.45) is 1.01. The van der Waals surface area contributed by atoms with E-state index in [1.807, 2.05) is 6.92 Å². The second-order valence-electron chi connectivity index (χ2n) is 0.989. The molecular formula is C4H10O2Ti. The van der Waals surface area contributed by atoms with Crippen LogP contribution in [-0.4, -0.2) is 13.7 Å². The van der Waals surface area contributed by atoms with E-state index in [-0.39, 0.29) is 21.7 Å². The summed E-state index contributed by atoms with van der Waals surface area (Å²) in [7, 11) is 1.51. The molecule has 42 valence electrons. The summed E-state index contributed by atoms with van der Waals surface area (Å²) in [4.78, 5) is 8.76. The monoisotopic (exact) mass is 138 g/mol. The first kappa shape index (κ1) is 10.6. The van der Waals surface area contributed by atoms with E-state index in [0.29, 0.717) is 6.61 Å². The van der Waals surface area contributed by atoms with Gasteiger partial charge < -0.3 is 0 Å². The first-order valence-electron chi connectivity index (χ1n) is 2.07. The largest absolute Gasteiger partial charge is 0.240 e. The predicted molar refractivity (Wildman–Crippen MR) is 23.3 cm³/mol. The van der Waals surface area contributed by atoms with Gasteiger partial charge in [-0.1, -0.05) is 6.92 Å². The Kier molecular flexibility index (Phi) is 14.8. The first-order chi connectivity index (χ1) is 2.91. The summed E-state index contributed by atoms with van der Waals surface area (Å²) in [5.41, 5.74) is 0. The van der Waals surface area contributed by atoms with Crippen molar-refractivity contribution in [3.8, 4) is 0 Å². The van der Waals surface area contributed by atoms with Crippen molar-refractivity contribution in [3.05, 3.63) is 0 Å². The topological polar surface area (TPSA) is 18.5 Å². The van der Waals surface area contributed by atoms with Gasteiger partial charge in [-0.2, -0.15) is 0 Å². The normalized spacial score (nSPS) is 7.71. The van der Waals surface area contributed by atoms with E-state index in [1.54, 1.807) is 0 Å². The molecule has 0 aliphatic rings.